The van der Waals surface area contributed by atoms with Crippen molar-refractivity contribution in [1.82, 2.24) is 0 Å². The maximum atomic E-state index is 12.9. The monoisotopic (exact) mass is 1090 g/mol. The van der Waals surface area contributed by atoms with Gasteiger partial charge in [-0.25, -0.2) is 4.57 Å². The lowest BCUT2D eigenvalue weighted by molar-refractivity contribution is -0.161. The third-order valence-corrected chi connectivity index (χ3v) is 13.7. The van der Waals surface area contributed by atoms with Gasteiger partial charge in [0.1, 0.15) is 12.7 Å². The van der Waals surface area contributed by atoms with E-state index in [1.807, 2.05) is 12.2 Å². The highest BCUT2D eigenvalue weighted by Gasteiger charge is 2.28. The molecule has 11 nitrogen and oxygen atoms in total. The minimum absolute atomic E-state index is 0.102. The Bertz CT molecular complexity index is 1600. The van der Waals surface area contributed by atoms with Gasteiger partial charge in [0.25, 0.3) is 0 Å². The maximum Gasteiger partial charge on any atom is 0.472 e. The topological polar surface area (TPSA) is 155 Å². The number of allylic oxidation sites excluding steroid dienone is 14. The number of unbranched alkanes of at least 4 members (excludes halogenated alkanes) is 25. The fourth-order valence-corrected chi connectivity index (χ4v) is 8.94. The van der Waals surface area contributed by atoms with Gasteiger partial charge in [-0.05, 0) is 103 Å². The van der Waals surface area contributed by atoms with Crippen molar-refractivity contribution in [3.8, 4) is 0 Å². The number of hydrogen-bond acceptors (Lipinski definition) is 10. The molecule has 0 aromatic rings. The van der Waals surface area contributed by atoms with Crippen LogP contribution in [0.25, 0.3) is 0 Å². The number of carbonyl (C=O) groups excluding carboxylic acids is 3. The van der Waals surface area contributed by atoms with Gasteiger partial charge in [0.15, 0.2) is 6.10 Å². The summed E-state index contributed by atoms with van der Waals surface area (Å²) in [6.45, 7) is 4.43. The molecule has 0 aliphatic carbocycles. The quantitative estimate of drug-likeness (QED) is 0.0197. The summed E-state index contributed by atoms with van der Waals surface area (Å²) in [7, 11) is -4.77. The highest BCUT2D eigenvalue weighted by Crippen LogP contribution is 2.43. The predicted molar refractivity (Wildman–Crippen MR) is 316 cm³/mol. The van der Waals surface area contributed by atoms with Gasteiger partial charge >= 0.3 is 25.7 Å². The molecule has 12 heteroatoms. The Labute approximate surface area is 464 Å². The van der Waals surface area contributed by atoms with Crippen molar-refractivity contribution in [2.24, 2.45) is 0 Å². The third kappa shape index (κ3) is 55.4. The summed E-state index contributed by atoms with van der Waals surface area (Å²) in [5, 5.41) is 9.83. The van der Waals surface area contributed by atoms with E-state index in [9.17, 15) is 28.9 Å². The number of phosphoric ester groups is 1. The van der Waals surface area contributed by atoms with E-state index in [4.69, 9.17) is 23.3 Å². The molecule has 0 aromatic carbocycles. The molecule has 438 valence electrons. The predicted octanol–water partition coefficient (Wildman–Crippen LogP) is 18.3. The number of phosphoric acid groups is 1. The van der Waals surface area contributed by atoms with Crippen LogP contribution in [0.2, 0.25) is 0 Å². The smallest absolute Gasteiger partial charge is 0.462 e. The van der Waals surface area contributed by atoms with Gasteiger partial charge in [-0.3, -0.25) is 23.4 Å². The molecule has 0 saturated carbocycles. The maximum absolute atomic E-state index is 12.9. The van der Waals surface area contributed by atoms with Crippen LogP contribution in [-0.4, -0.2) is 66.5 Å². The summed E-state index contributed by atoms with van der Waals surface area (Å²) in [6.07, 6.45) is 67.0. The Kier molecular flexibility index (Phi) is 55.3. The van der Waals surface area contributed by atoms with Crippen LogP contribution in [0.4, 0.5) is 0 Å². The highest BCUT2D eigenvalue weighted by molar-refractivity contribution is 7.47. The van der Waals surface area contributed by atoms with Crippen LogP contribution in [0.15, 0.2) is 85.1 Å². The number of aliphatic hydroxyl groups is 1. The molecular weight excluding hydrogens is 976 g/mol. The molecular formula is C64H111O11P. The standard InChI is InChI=1S/C64H111O11P/c1-4-7-10-13-16-19-22-25-27-29-30-32-34-37-40-43-46-49-52-55-64(68)75-61(57-71-62(66)53-50-47-44-41-38-35-24-21-18-15-12-9-6-3)59-73-76(69,70)72-58-60(56-65)74-63(67)54-51-48-45-42-39-36-33-31-28-26-23-20-17-14-11-8-5-2/h9,12,16,18-19,21,25-28,35,38,44,47,60-61,65H,4-8,10-11,13-15,17,20,22-24,29-34,36-37,39-43,45-46,48-59H2,1-3H3,(H,69,70)/b12-9-,19-16-,21-18-,27-25-,28-26-,38-35-,47-44-. The molecule has 0 saturated heterocycles. The lowest BCUT2D eigenvalue weighted by Crippen LogP contribution is -2.30. The Morgan fingerprint density at radius 2 is 0.711 bits per heavy atom. The average molecular weight is 1090 g/mol. The Hall–Kier alpha value is -3.34. The zero-order valence-electron chi connectivity index (χ0n) is 48.5. The van der Waals surface area contributed by atoms with Gasteiger partial charge < -0.3 is 24.2 Å². The largest absolute Gasteiger partial charge is 0.472 e. The molecule has 3 atom stereocenters. The second-order valence-electron chi connectivity index (χ2n) is 20.1. The van der Waals surface area contributed by atoms with Crippen LogP contribution < -0.4 is 0 Å². The van der Waals surface area contributed by atoms with Crippen LogP contribution >= 0.6 is 7.82 Å². The van der Waals surface area contributed by atoms with Crippen molar-refractivity contribution < 1.29 is 52.2 Å². The number of rotatable bonds is 56. The van der Waals surface area contributed by atoms with E-state index < -0.39 is 57.8 Å². The van der Waals surface area contributed by atoms with E-state index in [1.54, 1.807) is 0 Å². The number of esters is 3. The van der Waals surface area contributed by atoms with Crippen LogP contribution in [0, 0.1) is 0 Å². The molecule has 0 radical (unpaired) electrons. The van der Waals surface area contributed by atoms with E-state index >= 15 is 0 Å². The number of carbonyl (C=O) groups is 3. The normalized spacial score (nSPS) is 13.9. The molecule has 0 rings (SSSR count). The minimum Gasteiger partial charge on any atom is -0.462 e. The minimum atomic E-state index is -4.77. The lowest BCUT2D eigenvalue weighted by Gasteiger charge is -2.21. The molecule has 0 aliphatic heterocycles. The van der Waals surface area contributed by atoms with E-state index in [0.717, 1.165) is 83.5 Å². The number of hydrogen-bond donors (Lipinski definition) is 2. The summed E-state index contributed by atoms with van der Waals surface area (Å²) in [5.41, 5.74) is 0. The Morgan fingerprint density at radius 1 is 0.382 bits per heavy atom. The van der Waals surface area contributed by atoms with Crippen molar-refractivity contribution in [2.75, 3.05) is 26.4 Å². The summed E-state index contributed by atoms with van der Waals surface area (Å²) in [5.74, 6) is -1.57. The second-order valence-corrected chi connectivity index (χ2v) is 21.6. The van der Waals surface area contributed by atoms with E-state index in [0.29, 0.717) is 19.3 Å². The van der Waals surface area contributed by atoms with Gasteiger partial charge in [-0.2, -0.15) is 0 Å². The van der Waals surface area contributed by atoms with Crippen LogP contribution in [-0.2, 0) is 42.2 Å². The fraction of sp³-hybridized carbons (Fsp3) is 0.734. The molecule has 0 spiro atoms. The Morgan fingerprint density at radius 3 is 1.14 bits per heavy atom. The summed E-state index contributed by atoms with van der Waals surface area (Å²) < 4.78 is 39.5. The lowest BCUT2D eigenvalue weighted by atomic mass is 10.1. The molecule has 0 amide bonds. The highest BCUT2D eigenvalue weighted by atomic mass is 31.2. The van der Waals surface area contributed by atoms with Crippen molar-refractivity contribution in [2.45, 2.75) is 277 Å². The molecule has 0 aromatic heterocycles. The van der Waals surface area contributed by atoms with Crippen LogP contribution in [0.3, 0.4) is 0 Å². The first-order valence-corrected chi connectivity index (χ1v) is 32.0. The average Bonchev–Trinajstić information content (AvgIpc) is 3.41. The van der Waals surface area contributed by atoms with Crippen LogP contribution in [0.1, 0.15) is 265 Å². The molecule has 0 aliphatic rings. The molecule has 0 heterocycles. The molecule has 3 unspecified atom stereocenters. The van der Waals surface area contributed by atoms with Gasteiger partial charge in [-0.1, -0.05) is 228 Å². The zero-order chi connectivity index (χ0) is 55.5. The van der Waals surface area contributed by atoms with E-state index in [-0.39, 0.29) is 25.9 Å². The summed E-state index contributed by atoms with van der Waals surface area (Å²) >= 11 is 0. The van der Waals surface area contributed by atoms with Gasteiger partial charge in [0.05, 0.1) is 19.8 Å². The Balaban J connectivity index is 4.73. The number of ether oxygens (including phenoxy) is 3. The SMILES string of the molecule is CC/C=C\C/C=C\C/C=C\C/C=C\CCC(=O)OCC(COP(=O)(O)OCC(CO)OC(=O)CCCCCCCCC/C=C\CCCCCCCC)OC(=O)CCCCCCCCCCC/C=C\C/C=C\CCCCC. The molecule has 0 fully saturated rings. The summed E-state index contributed by atoms with van der Waals surface area (Å²) in [4.78, 5) is 48.6. The van der Waals surface area contributed by atoms with Crippen molar-refractivity contribution in [1.29, 1.82) is 0 Å². The van der Waals surface area contributed by atoms with E-state index in [2.05, 4.69) is 93.7 Å². The summed E-state index contributed by atoms with van der Waals surface area (Å²) in [6, 6.07) is 0. The molecule has 2 N–H and O–H groups in total. The van der Waals surface area contributed by atoms with Gasteiger partial charge in [0.2, 0.25) is 0 Å². The first kappa shape index (κ1) is 72.7. The zero-order valence-corrected chi connectivity index (χ0v) is 49.3. The van der Waals surface area contributed by atoms with E-state index in [1.165, 1.54) is 122 Å². The van der Waals surface area contributed by atoms with Crippen molar-refractivity contribution in [3.63, 3.8) is 0 Å². The first-order chi connectivity index (χ1) is 37.2. The van der Waals surface area contributed by atoms with Crippen molar-refractivity contribution in [3.05, 3.63) is 85.1 Å². The third-order valence-electron chi connectivity index (χ3n) is 12.8. The number of aliphatic hydroxyl groups excluding tert-OH is 1. The molecule has 76 heavy (non-hydrogen) atoms. The van der Waals surface area contributed by atoms with Crippen LogP contribution in [0.5, 0.6) is 0 Å². The first-order valence-electron chi connectivity index (χ1n) is 30.5. The fourth-order valence-electron chi connectivity index (χ4n) is 8.16. The van der Waals surface area contributed by atoms with Gasteiger partial charge in [-0.15, -0.1) is 0 Å². The van der Waals surface area contributed by atoms with Gasteiger partial charge in [0, 0.05) is 19.3 Å². The second kappa shape index (κ2) is 57.8. The molecule has 0 bridgehead atoms. The van der Waals surface area contributed by atoms with Crippen molar-refractivity contribution >= 4 is 25.7 Å².